The van der Waals surface area contributed by atoms with Crippen molar-refractivity contribution < 1.29 is 18.0 Å². The molecule has 0 radical (unpaired) electrons. The largest absolute Gasteiger partial charge is 0.416 e. The molecule has 1 aromatic carbocycles. The highest BCUT2D eigenvalue weighted by molar-refractivity contribution is 7.12. The number of amides is 1. The maximum absolute atomic E-state index is 12.9. The Morgan fingerprint density at radius 3 is 2.57 bits per heavy atom. The lowest BCUT2D eigenvalue weighted by Crippen LogP contribution is -2.14. The summed E-state index contributed by atoms with van der Waals surface area (Å²) in [7, 11) is 0. The van der Waals surface area contributed by atoms with Crippen LogP contribution in [-0.4, -0.2) is 5.91 Å². The molecule has 0 atom stereocenters. The third-order valence-electron chi connectivity index (χ3n) is 3.15. The van der Waals surface area contributed by atoms with Crippen molar-refractivity contribution in [3.05, 3.63) is 51.2 Å². The van der Waals surface area contributed by atoms with Crippen molar-refractivity contribution in [3.63, 3.8) is 0 Å². The summed E-state index contributed by atoms with van der Waals surface area (Å²) in [5.74, 6) is -0.408. The van der Waals surface area contributed by atoms with Gasteiger partial charge in [0.15, 0.2) is 0 Å². The van der Waals surface area contributed by atoms with Gasteiger partial charge in [0.05, 0.1) is 10.4 Å². The fourth-order valence-electron chi connectivity index (χ4n) is 2.05. The fraction of sp³-hybridized carbons (Fsp3) is 0.267. The molecule has 0 spiro atoms. The number of hydrogen-bond donors (Lipinski definition) is 2. The summed E-state index contributed by atoms with van der Waals surface area (Å²) in [6, 6.07) is 5.18. The van der Waals surface area contributed by atoms with Crippen molar-refractivity contribution in [1.82, 2.24) is 0 Å². The summed E-state index contributed by atoms with van der Waals surface area (Å²) in [6.07, 6.45) is -3.80. The van der Waals surface area contributed by atoms with Crippen molar-refractivity contribution in [1.29, 1.82) is 0 Å². The number of nitrogens with one attached hydrogen (secondary N) is 1. The fourth-order valence-corrected chi connectivity index (χ4v) is 2.94. The van der Waals surface area contributed by atoms with Gasteiger partial charge in [-0.2, -0.15) is 13.2 Å². The highest BCUT2D eigenvalue weighted by Gasteiger charge is 2.31. The summed E-state index contributed by atoms with van der Waals surface area (Å²) >= 11 is 1.26. The van der Waals surface area contributed by atoms with E-state index < -0.39 is 17.6 Å². The van der Waals surface area contributed by atoms with Crippen molar-refractivity contribution in [2.45, 2.75) is 26.1 Å². The monoisotopic (exact) mass is 364 g/mol. The lowest BCUT2D eigenvalue weighted by atomic mass is 10.1. The molecule has 3 nitrogen and oxygen atoms in total. The number of aryl methyl sites for hydroxylation is 1. The second kappa shape index (κ2) is 7.81. The molecule has 1 heterocycles. The summed E-state index contributed by atoms with van der Waals surface area (Å²) in [4.78, 5) is 12.7. The zero-order valence-electron chi connectivity index (χ0n) is 12.2. The van der Waals surface area contributed by atoms with E-state index in [0.717, 1.165) is 17.7 Å². The van der Waals surface area contributed by atoms with Crippen LogP contribution in [0.15, 0.2) is 29.6 Å². The number of thiophene rings is 1. The lowest BCUT2D eigenvalue weighted by Gasteiger charge is -2.12. The number of rotatable bonds is 4. The van der Waals surface area contributed by atoms with Gasteiger partial charge in [-0.05, 0) is 47.2 Å². The molecule has 2 rings (SSSR count). The Morgan fingerprint density at radius 2 is 2.00 bits per heavy atom. The van der Waals surface area contributed by atoms with E-state index in [-0.39, 0.29) is 24.6 Å². The topological polar surface area (TPSA) is 55.1 Å². The number of anilines is 1. The Hall–Kier alpha value is -1.57. The summed E-state index contributed by atoms with van der Waals surface area (Å²) in [5, 5.41) is 4.31. The Bertz CT molecular complexity index is 686. The zero-order valence-corrected chi connectivity index (χ0v) is 13.9. The molecule has 0 bridgehead atoms. The molecule has 1 amide bonds. The lowest BCUT2D eigenvalue weighted by molar-refractivity contribution is -0.137. The second-order valence-electron chi connectivity index (χ2n) is 4.70. The Balaban J connectivity index is 0.00000264. The van der Waals surface area contributed by atoms with Gasteiger partial charge in [0.25, 0.3) is 5.91 Å². The van der Waals surface area contributed by atoms with Crippen LogP contribution in [-0.2, 0) is 19.1 Å². The molecule has 0 unspecified atom stereocenters. The molecule has 8 heteroatoms. The summed E-state index contributed by atoms with van der Waals surface area (Å²) in [6.45, 7) is 1.88. The van der Waals surface area contributed by atoms with E-state index in [9.17, 15) is 18.0 Å². The number of hydrogen-bond acceptors (Lipinski definition) is 3. The van der Waals surface area contributed by atoms with Gasteiger partial charge < -0.3 is 11.1 Å². The average molecular weight is 365 g/mol. The van der Waals surface area contributed by atoms with Crippen LogP contribution in [0.4, 0.5) is 18.9 Å². The van der Waals surface area contributed by atoms with E-state index in [1.54, 1.807) is 5.38 Å². The highest BCUT2D eigenvalue weighted by Crippen LogP contribution is 2.32. The van der Waals surface area contributed by atoms with Crippen molar-refractivity contribution in [2.24, 2.45) is 5.73 Å². The van der Waals surface area contributed by atoms with Crippen molar-refractivity contribution >= 4 is 35.3 Å². The summed E-state index contributed by atoms with van der Waals surface area (Å²) in [5.41, 5.74) is 5.87. The van der Waals surface area contributed by atoms with Gasteiger partial charge in [0.1, 0.15) is 0 Å². The molecule has 0 aliphatic carbocycles. The minimum Gasteiger partial charge on any atom is -0.326 e. The first-order valence-corrected chi connectivity index (χ1v) is 7.52. The first-order chi connectivity index (χ1) is 10.3. The molecule has 0 saturated heterocycles. The number of benzene rings is 1. The normalized spacial score (nSPS) is 11.0. The van der Waals surface area contributed by atoms with Crippen LogP contribution in [0.2, 0.25) is 0 Å². The van der Waals surface area contributed by atoms with E-state index in [1.165, 1.54) is 17.4 Å². The molecule has 0 aliphatic rings. The van der Waals surface area contributed by atoms with Crippen LogP contribution >= 0.6 is 23.7 Å². The van der Waals surface area contributed by atoms with E-state index in [0.29, 0.717) is 16.9 Å². The highest BCUT2D eigenvalue weighted by atomic mass is 35.5. The van der Waals surface area contributed by atoms with Gasteiger partial charge in [-0.1, -0.05) is 6.92 Å². The van der Waals surface area contributed by atoms with Gasteiger partial charge in [-0.25, -0.2) is 0 Å². The standard InChI is InChI=1S/C15H15F3N2OS.ClH/c1-2-10-3-4-22-13(10)14(21)20-12-6-9(8-19)5-11(7-12)15(16,17)18;/h3-7H,2,8,19H2,1H3,(H,20,21);1H. The van der Waals surface area contributed by atoms with E-state index in [4.69, 9.17) is 5.73 Å². The maximum Gasteiger partial charge on any atom is 0.416 e. The van der Waals surface area contributed by atoms with Gasteiger partial charge in [0, 0.05) is 12.2 Å². The molecule has 0 fully saturated rings. The van der Waals surface area contributed by atoms with Crippen LogP contribution in [0.3, 0.4) is 0 Å². The summed E-state index contributed by atoms with van der Waals surface area (Å²) < 4.78 is 38.6. The third-order valence-corrected chi connectivity index (χ3v) is 4.10. The molecule has 1 aromatic heterocycles. The van der Waals surface area contributed by atoms with Crippen molar-refractivity contribution in [3.8, 4) is 0 Å². The SMILES string of the molecule is CCc1ccsc1C(=O)Nc1cc(CN)cc(C(F)(F)F)c1.Cl. The number of nitrogens with two attached hydrogens (primary N) is 1. The van der Waals surface area contributed by atoms with E-state index in [1.807, 2.05) is 13.0 Å². The molecule has 0 saturated carbocycles. The smallest absolute Gasteiger partial charge is 0.326 e. The quantitative estimate of drug-likeness (QED) is 0.841. The van der Waals surface area contributed by atoms with Crippen LogP contribution in [0, 0.1) is 0 Å². The minimum absolute atomic E-state index is 0. The van der Waals surface area contributed by atoms with Crippen LogP contribution in [0.25, 0.3) is 0 Å². The zero-order chi connectivity index (χ0) is 16.3. The first kappa shape index (κ1) is 19.5. The number of carbonyl (C=O) groups excluding carboxylic acids is 1. The molecular formula is C15H16ClF3N2OS. The third kappa shape index (κ3) is 4.70. The van der Waals surface area contributed by atoms with Crippen LogP contribution < -0.4 is 11.1 Å². The first-order valence-electron chi connectivity index (χ1n) is 6.64. The second-order valence-corrected chi connectivity index (χ2v) is 5.62. The predicted octanol–water partition coefficient (Wildman–Crippen LogP) is 4.46. The number of halogens is 4. The van der Waals surface area contributed by atoms with Gasteiger partial charge >= 0.3 is 6.18 Å². The number of alkyl halides is 3. The van der Waals surface area contributed by atoms with Gasteiger partial charge in [0.2, 0.25) is 0 Å². The van der Waals surface area contributed by atoms with E-state index in [2.05, 4.69) is 5.32 Å². The minimum atomic E-state index is -4.48. The molecule has 2 aromatic rings. The average Bonchev–Trinajstić information content (AvgIpc) is 2.94. The van der Waals surface area contributed by atoms with Crippen LogP contribution in [0.1, 0.15) is 33.3 Å². The Morgan fingerprint density at radius 1 is 1.30 bits per heavy atom. The molecule has 0 aliphatic heterocycles. The maximum atomic E-state index is 12.9. The molecule has 3 N–H and O–H groups in total. The Kier molecular flexibility index (Phi) is 6.61. The molecule has 126 valence electrons. The van der Waals surface area contributed by atoms with E-state index >= 15 is 0 Å². The number of carbonyl (C=O) groups is 1. The Labute approximate surface area is 142 Å². The molecular weight excluding hydrogens is 349 g/mol. The van der Waals surface area contributed by atoms with Gasteiger partial charge in [-0.15, -0.1) is 23.7 Å². The van der Waals surface area contributed by atoms with Gasteiger partial charge in [-0.3, -0.25) is 4.79 Å². The molecule has 23 heavy (non-hydrogen) atoms. The van der Waals surface area contributed by atoms with Crippen molar-refractivity contribution in [2.75, 3.05) is 5.32 Å². The van der Waals surface area contributed by atoms with Crippen LogP contribution in [0.5, 0.6) is 0 Å². The predicted molar refractivity (Wildman–Crippen MR) is 88.2 cm³/mol.